The van der Waals surface area contributed by atoms with Crippen molar-refractivity contribution in [2.45, 2.75) is 23.9 Å². The minimum atomic E-state index is -1.94. The molecule has 4 atom stereocenters. The summed E-state index contributed by atoms with van der Waals surface area (Å²) in [6.45, 7) is 0.0770. The van der Waals surface area contributed by atoms with Crippen LogP contribution in [0.5, 0.6) is 0 Å². The zero-order valence-electron chi connectivity index (χ0n) is 14.1. The summed E-state index contributed by atoms with van der Waals surface area (Å²) in [7, 11) is 0. The lowest BCUT2D eigenvalue weighted by molar-refractivity contribution is -0.0658. The molecule has 1 aliphatic rings. The Kier molecular flexibility index (Phi) is 5.10. The number of amides is 1. The second-order valence-corrected chi connectivity index (χ2v) is 5.91. The van der Waals surface area contributed by atoms with Crippen molar-refractivity contribution in [1.29, 1.82) is 5.26 Å². The molecule has 2 aromatic rings. The average molecular weight is 377 g/mol. The van der Waals surface area contributed by atoms with E-state index in [2.05, 4.69) is 15.4 Å². The van der Waals surface area contributed by atoms with Crippen LogP contribution in [0.2, 0.25) is 0 Å². The minimum absolute atomic E-state index is 0.163. The zero-order chi connectivity index (χ0) is 19.6. The van der Waals surface area contributed by atoms with Gasteiger partial charge in [-0.05, 0) is 12.1 Å². The second-order valence-electron chi connectivity index (χ2n) is 5.91. The predicted octanol–water partition coefficient (Wildman–Crippen LogP) is -2.16. The van der Waals surface area contributed by atoms with Gasteiger partial charge < -0.3 is 36.5 Å². The summed E-state index contributed by atoms with van der Waals surface area (Å²) in [6, 6.07) is 4.96. The van der Waals surface area contributed by atoms with Gasteiger partial charge in [0.1, 0.15) is 42.8 Å². The van der Waals surface area contributed by atoms with Crippen LogP contribution in [0.3, 0.4) is 0 Å². The first kappa shape index (κ1) is 18.8. The van der Waals surface area contributed by atoms with Gasteiger partial charge in [0.05, 0.1) is 5.69 Å². The molecule has 0 unspecified atom stereocenters. The first-order valence-electron chi connectivity index (χ1n) is 8.09. The lowest BCUT2D eigenvalue weighted by atomic mass is 9.92. The van der Waals surface area contributed by atoms with Crippen molar-refractivity contribution in [3.05, 3.63) is 24.2 Å². The molecule has 0 spiro atoms. The van der Waals surface area contributed by atoms with Crippen molar-refractivity contribution in [2.75, 3.05) is 25.4 Å². The molecule has 3 heterocycles. The van der Waals surface area contributed by atoms with E-state index in [4.69, 9.17) is 20.9 Å². The van der Waals surface area contributed by atoms with Gasteiger partial charge in [0, 0.05) is 13.1 Å². The second kappa shape index (κ2) is 7.33. The number of carbonyl (C=O) groups is 1. The van der Waals surface area contributed by atoms with Gasteiger partial charge in [0.25, 0.3) is 0 Å². The Bertz CT molecular complexity index is 881. The van der Waals surface area contributed by atoms with Crippen LogP contribution < -0.4 is 16.8 Å². The Morgan fingerprint density at radius 1 is 1.52 bits per heavy atom. The number of rotatable bonds is 5. The fourth-order valence-electron chi connectivity index (χ4n) is 2.93. The Balaban J connectivity index is 1.86. The monoisotopic (exact) mass is 377 g/mol. The molecule has 3 rings (SSSR count). The average Bonchev–Trinajstić information content (AvgIpc) is 3.21. The van der Waals surface area contributed by atoms with E-state index in [1.165, 1.54) is 16.9 Å². The highest BCUT2D eigenvalue weighted by Gasteiger charge is 2.57. The molecule has 0 radical (unpaired) electrons. The van der Waals surface area contributed by atoms with Crippen molar-refractivity contribution < 1.29 is 24.5 Å². The molecular formula is C15H19N7O5. The molecule has 0 aromatic carbocycles. The van der Waals surface area contributed by atoms with E-state index in [1.54, 1.807) is 6.07 Å². The number of alkyl carbamates (subject to hydrolysis) is 1. The summed E-state index contributed by atoms with van der Waals surface area (Å²) in [5, 5.41) is 37.0. The van der Waals surface area contributed by atoms with E-state index in [-0.39, 0.29) is 31.2 Å². The quantitative estimate of drug-likeness (QED) is 0.383. The third-order valence-electron chi connectivity index (χ3n) is 4.28. The summed E-state index contributed by atoms with van der Waals surface area (Å²) >= 11 is 0. The van der Waals surface area contributed by atoms with Crippen LogP contribution in [0.15, 0.2) is 18.5 Å². The number of nitrogens with zero attached hydrogens (tertiary/aromatic N) is 4. The molecule has 1 aliphatic heterocycles. The number of hydrogen-bond donors (Lipinski definition) is 5. The molecule has 0 saturated carbocycles. The fraction of sp³-hybridized carbons (Fsp3) is 0.467. The minimum Gasteiger partial charge on any atom is -0.447 e. The van der Waals surface area contributed by atoms with Crippen LogP contribution in [-0.2, 0) is 15.1 Å². The Hall–Kier alpha value is -2.98. The number of nitrogens with two attached hydrogens (primary N) is 2. The van der Waals surface area contributed by atoms with Gasteiger partial charge in [-0.3, -0.25) is 0 Å². The first-order chi connectivity index (χ1) is 12.9. The molecule has 12 nitrogen and oxygen atoms in total. The van der Waals surface area contributed by atoms with Gasteiger partial charge in [-0.2, -0.15) is 10.4 Å². The highest BCUT2D eigenvalue weighted by Crippen LogP contribution is 2.40. The Morgan fingerprint density at radius 3 is 3.00 bits per heavy atom. The van der Waals surface area contributed by atoms with Crippen molar-refractivity contribution in [3.8, 4) is 6.07 Å². The van der Waals surface area contributed by atoms with E-state index < -0.39 is 30.0 Å². The summed E-state index contributed by atoms with van der Waals surface area (Å²) < 4.78 is 11.9. The van der Waals surface area contributed by atoms with Crippen LogP contribution in [0.4, 0.5) is 10.6 Å². The van der Waals surface area contributed by atoms with Gasteiger partial charge in [-0.25, -0.2) is 14.3 Å². The van der Waals surface area contributed by atoms with Crippen LogP contribution in [0.25, 0.3) is 5.52 Å². The summed E-state index contributed by atoms with van der Waals surface area (Å²) in [5.41, 5.74) is 9.69. The highest BCUT2D eigenvalue weighted by molar-refractivity contribution is 5.67. The molecule has 2 aromatic heterocycles. The largest absolute Gasteiger partial charge is 0.447 e. The summed E-state index contributed by atoms with van der Waals surface area (Å²) in [5.74, 6) is 0.175. The van der Waals surface area contributed by atoms with Crippen molar-refractivity contribution in [1.82, 2.24) is 19.9 Å². The number of fused-ring (bicyclic) bond motifs is 1. The molecule has 27 heavy (non-hydrogen) atoms. The van der Waals surface area contributed by atoms with E-state index in [9.17, 15) is 20.3 Å². The van der Waals surface area contributed by atoms with Crippen LogP contribution >= 0.6 is 0 Å². The van der Waals surface area contributed by atoms with Crippen LogP contribution in [0, 0.1) is 11.3 Å². The van der Waals surface area contributed by atoms with Crippen molar-refractivity contribution >= 4 is 17.4 Å². The molecule has 1 saturated heterocycles. The molecule has 0 bridgehead atoms. The van der Waals surface area contributed by atoms with Gasteiger partial charge >= 0.3 is 6.09 Å². The molecular weight excluding hydrogens is 358 g/mol. The number of aliphatic hydroxyl groups is 2. The topological polar surface area (TPSA) is 194 Å². The Morgan fingerprint density at radius 2 is 2.30 bits per heavy atom. The number of nitrogens with one attached hydrogen (secondary N) is 1. The van der Waals surface area contributed by atoms with E-state index >= 15 is 0 Å². The lowest BCUT2D eigenvalue weighted by Crippen LogP contribution is -2.41. The van der Waals surface area contributed by atoms with E-state index in [1.807, 2.05) is 6.07 Å². The SMILES string of the molecule is N#C[C@@]1(c2ccc3c(N)ncnn23)O[C@H](COC(=O)NCCN)[C@@H](O)[C@H]1O. The number of anilines is 1. The number of carbonyl (C=O) groups excluding carboxylic acids is 1. The number of hydrogen-bond acceptors (Lipinski definition) is 10. The summed E-state index contributed by atoms with van der Waals surface area (Å²) in [4.78, 5) is 15.4. The van der Waals surface area contributed by atoms with Gasteiger partial charge in [-0.1, -0.05) is 0 Å². The van der Waals surface area contributed by atoms with E-state index in [0.717, 1.165) is 0 Å². The Labute approximate surface area is 153 Å². The van der Waals surface area contributed by atoms with Crippen molar-refractivity contribution in [3.63, 3.8) is 0 Å². The number of nitriles is 1. The molecule has 0 aliphatic carbocycles. The number of nitrogen functional groups attached to an aromatic ring is 1. The lowest BCUT2D eigenvalue weighted by Gasteiger charge is -2.24. The predicted molar refractivity (Wildman–Crippen MR) is 90.0 cm³/mol. The van der Waals surface area contributed by atoms with Crippen LogP contribution in [0.1, 0.15) is 5.69 Å². The molecule has 12 heteroatoms. The molecule has 7 N–H and O–H groups in total. The number of aliphatic hydroxyl groups excluding tert-OH is 2. The van der Waals surface area contributed by atoms with E-state index in [0.29, 0.717) is 5.52 Å². The zero-order valence-corrected chi connectivity index (χ0v) is 14.1. The molecule has 1 fully saturated rings. The fourth-order valence-corrected chi connectivity index (χ4v) is 2.93. The highest BCUT2D eigenvalue weighted by atomic mass is 16.6. The van der Waals surface area contributed by atoms with Gasteiger partial charge in [-0.15, -0.1) is 0 Å². The number of aromatic nitrogens is 3. The molecule has 1 amide bonds. The smallest absolute Gasteiger partial charge is 0.407 e. The maximum Gasteiger partial charge on any atom is 0.407 e. The number of ether oxygens (including phenoxy) is 2. The van der Waals surface area contributed by atoms with Crippen molar-refractivity contribution in [2.24, 2.45) is 5.73 Å². The normalized spacial score (nSPS) is 27.4. The third kappa shape index (κ3) is 3.13. The third-order valence-corrected chi connectivity index (χ3v) is 4.28. The standard InChI is InChI=1S/C15H19N7O5/c16-3-4-19-14(25)26-5-9-11(23)12(24)15(6-17,27-9)10-2-1-8-13(18)20-7-21-22(8)10/h1-2,7,9,11-12,23-24H,3-5,16H2,(H,19,25)(H2,18,20,21)/t9-,11-,12-,15+/m1/s1. The summed E-state index contributed by atoms with van der Waals surface area (Å²) in [6.07, 6.45) is -3.78. The van der Waals surface area contributed by atoms with Gasteiger partial charge in [0.2, 0.25) is 5.60 Å². The molecule has 144 valence electrons. The van der Waals surface area contributed by atoms with Crippen LogP contribution in [-0.4, -0.2) is 68.9 Å². The first-order valence-corrected chi connectivity index (χ1v) is 8.09. The maximum absolute atomic E-state index is 11.5. The maximum atomic E-state index is 11.5. The van der Waals surface area contributed by atoms with Gasteiger partial charge in [0.15, 0.2) is 5.82 Å².